The number of aryl methyl sites for hydroxylation is 1. The van der Waals surface area contributed by atoms with E-state index in [-0.39, 0.29) is 5.91 Å². The number of rotatable bonds is 4. The van der Waals surface area contributed by atoms with Crippen LogP contribution in [0, 0.1) is 6.92 Å². The number of hydrogen-bond donors (Lipinski definition) is 1. The van der Waals surface area contributed by atoms with Gasteiger partial charge in [0.25, 0.3) is 5.91 Å². The van der Waals surface area contributed by atoms with Crippen molar-refractivity contribution in [3.05, 3.63) is 100 Å². The van der Waals surface area contributed by atoms with Crippen molar-refractivity contribution >= 4 is 39.2 Å². The number of anilines is 1. The van der Waals surface area contributed by atoms with E-state index in [1.165, 1.54) is 0 Å². The third-order valence-electron chi connectivity index (χ3n) is 3.84. The summed E-state index contributed by atoms with van der Waals surface area (Å²) < 4.78 is 0.853. The molecule has 0 spiro atoms. The van der Waals surface area contributed by atoms with E-state index in [1.807, 2.05) is 91.9 Å². The summed E-state index contributed by atoms with van der Waals surface area (Å²) >= 11 is 3.47. The second-order valence-electron chi connectivity index (χ2n) is 5.77. The molecule has 3 heteroatoms. The molecule has 0 aromatic heterocycles. The molecule has 124 valence electrons. The third-order valence-corrected chi connectivity index (χ3v) is 4.53. The van der Waals surface area contributed by atoms with Crippen LogP contribution in [0.5, 0.6) is 0 Å². The Morgan fingerprint density at radius 3 is 2.20 bits per heavy atom. The van der Waals surface area contributed by atoms with Gasteiger partial charge in [0, 0.05) is 10.0 Å². The van der Waals surface area contributed by atoms with Gasteiger partial charge in [-0.2, -0.15) is 0 Å². The number of hydrogen-bond acceptors (Lipinski definition) is 1. The van der Waals surface area contributed by atoms with Gasteiger partial charge in [0.1, 0.15) is 0 Å². The molecule has 2 nitrogen and oxygen atoms in total. The summed E-state index contributed by atoms with van der Waals surface area (Å²) in [5.74, 6) is -0.139. The van der Waals surface area contributed by atoms with Crippen LogP contribution < -0.4 is 5.32 Å². The Morgan fingerprint density at radius 1 is 0.880 bits per heavy atom. The van der Waals surface area contributed by atoms with Crippen LogP contribution >= 0.6 is 15.9 Å². The van der Waals surface area contributed by atoms with Crippen LogP contribution in [0.3, 0.4) is 0 Å². The van der Waals surface area contributed by atoms with Crippen molar-refractivity contribution in [3.8, 4) is 0 Å². The fourth-order valence-corrected chi connectivity index (χ4v) is 2.87. The zero-order valence-electron chi connectivity index (χ0n) is 13.9. The average molecular weight is 392 g/mol. The van der Waals surface area contributed by atoms with Gasteiger partial charge in [0.15, 0.2) is 0 Å². The Bertz CT molecular complexity index is 899. The first-order chi connectivity index (χ1) is 12.1. The number of amides is 1. The maximum atomic E-state index is 13.0. The molecule has 0 atom stereocenters. The van der Waals surface area contributed by atoms with E-state index in [1.54, 1.807) is 0 Å². The smallest absolute Gasteiger partial charge is 0.256 e. The first-order valence-electron chi connectivity index (χ1n) is 8.03. The Hall–Kier alpha value is -2.65. The molecule has 0 fully saturated rings. The predicted octanol–water partition coefficient (Wildman–Crippen LogP) is 5.94. The van der Waals surface area contributed by atoms with Crippen molar-refractivity contribution in [2.45, 2.75) is 6.92 Å². The van der Waals surface area contributed by atoms with E-state index in [2.05, 4.69) is 21.2 Å². The zero-order valence-corrected chi connectivity index (χ0v) is 15.5. The molecular formula is C22H18BrNO. The van der Waals surface area contributed by atoms with Gasteiger partial charge >= 0.3 is 0 Å². The van der Waals surface area contributed by atoms with Crippen molar-refractivity contribution < 1.29 is 4.79 Å². The van der Waals surface area contributed by atoms with E-state index in [0.29, 0.717) is 5.57 Å². The highest BCUT2D eigenvalue weighted by Gasteiger charge is 2.13. The SMILES string of the molecule is Cc1ccc(C(=Cc2ccccc2)C(=O)Nc2ccccc2Br)cc1. The summed E-state index contributed by atoms with van der Waals surface area (Å²) in [6.45, 7) is 2.03. The lowest BCUT2D eigenvalue weighted by Gasteiger charge is -2.11. The summed E-state index contributed by atoms with van der Waals surface area (Å²) in [6.07, 6.45) is 1.91. The Balaban J connectivity index is 1.99. The van der Waals surface area contributed by atoms with Crippen molar-refractivity contribution in [3.63, 3.8) is 0 Å². The molecule has 0 unspecified atom stereocenters. The summed E-state index contributed by atoms with van der Waals surface area (Å²) in [5.41, 5.74) is 4.41. The Labute approximate surface area is 156 Å². The highest BCUT2D eigenvalue weighted by atomic mass is 79.9. The molecule has 0 saturated carbocycles. The number of carbonyl (C=O) groups excluding carboxylic acids is 1. The largest absolute Gasteiger partial charge is 0.321 e. The quantitative estimate of drug-likeness (QED) is 0.432. The van der Waals surface area contributed by atoms with Gasteiger partial charge in [-0.05, 0) is 52.2 Å². The lowest BCUT2D eigenvalue weighted by molar-refractivity contribution is -0.111. The topological polar surface area (TPSA) is 29.1 Å². The van der Waals surface area contributed by atoms with E-state index >= 15 is 0 Å². The second kappa shape index (κ2) is 7.95. The minimum absolute atomic E-state index is 0.139. The van der Waals surface area contributed by atoms with Crippen LogP contribution in [0.1, 0.15) is 16.7 Å². The van der Waals surface area contributed by atoms with E-state index < -0.39 is 0 Å². The first-order valence-corrected chi connectivity index (χ1v) is 8.82. The minimum atomic E-state index is -0.139. The molecule has 0 radical (unpaired) electrons. The molecule has 3 aromatic rings. The van der Waals surface area contributed by atoms with Crippen molar-refractivity contribution in [1.82, 2.24) is 0 Å². The molecule has 3 aromatic carbocycles. The summed E-state index contributed by atoms with van der Waals surface area (Å²) in [5, 5.41) is 2.99. The predicted molar refractivity (Wildman–Crippen MR) is 108 cm³/mol. The van der Waals surface area contributed by atoms with Crippen molar-refractivity contribution in [1.29, 1.82) is 0 Å². The van der Waals surface area contributed by atoms with Crippen LogP contribution in [0.2, 0.25) is 0 Å². The number of halogens is 1. The molecule has 0 bridgehead atoms. The van der Waals surface area contributed by atoms with E-state index in [0.717, 1.165) is 26.9 Å². The summed E-state index contributed by atoms with van der Waals surface area (Å²) in [7, 11) is 0. The van der Waals surface area contributed by atoms with Gasteiger partial charge in [0.2, 0.25) is 0 Å². The fourth-order valence-electron chi connectivity index (χ4n) is 2.48. The molecule has 1 amide bonds. The zero-order chi connectivity index (χ0) is 17.6. The van der Waals surface area contributed by atoms with Crippen molar-refractivity contribution in [2.24, 2.45) is 0 Å². The van der Waals surface area contributed by atoms with E-state index in [9.17, 15) is 4.79 Å². The van der Waals surface area contributed by atoms with Crippen LogP contribution in [0.25, 0.3) is 11.6 Å². The monoisotopic (exact) mass is 391 g/mol. The second-order valence-corrected chi connectivity index (χ2v) is 6.62. The van der Waals surface area contributed by atoms with Gasteiger partial charge < -0.3 is 5.32 Å². The summed E-state index contributed by atoms with van der Waals surface area (Å²) in [6, 6.07) is 25.4. The number of carbonyl (C=O) groups is 1. The van der Waals surface area contributed by atoms with Crippen LogP contribution in [0.15, 0.2) is 83.3 Å². The van der Waals surface area contributed by atoms with Gasteiger partial charge in [-0.1, -0.05) is 72.3 Å². The van der Waals surface area contributed by atoms with Gasteiger partial charge in [0.05, 0.1) is 5.69 Å². The molecule has 1 N–H and O–H groups in total. The van der Waals surface area contributed by atoms with Gasteiger partial charge in [-0.3, -0.25) is 4.79 Å². The highest BCUT2D eigenvalue weighted by molar-refractivity contribution is 9.10. The molecular weight excluding hydrogens is 374 g/mol. The highest BCUT2D eigenvalue weighted by Crippen LogP contribution is 2.25. The molecule has 0 saturated heterocycles. The summed E-state index contributed by atoms with van der Waals surface area (Å²) in [4.78, 5) is 13.0. The fraction of sp³-hybridized carbons (Fsp3) is 0.0455. The molecule has 0 heterocycles. The molecule has 0 aliphatic heterocycles. The lowest BCUT2D eigenvalue weighted by atomic mass is 10.0. The van der Waals surface area contributed by atoms with Crippen molar-refractivity contribution in [2.75, 3.05) is 5.32 Å². The lowest BCUT2D eigenvalue weighted by Crippen LogP contribution is -2.14. The number of para-hydroxylation sites is 1. The number of nitrogens with one attached hydrogen (secondary N) is 1. The van der Waals surface area contributed by atoms with Gasteiger partial charge in [-0.25, -0.2) is 0 Å². The Kier molecular flexibility index (Phi) is 5.46. The standard InChI is InChI=1S/C22H18BrNO/c1-16-11-13-18(14-12-16)19(15-17-7-3-2-4-8-17)22(25)24-21-10-6-5-9-20(21)23/h2-15H,1H3,(H,24,25). The molecule has 0 aliphatic carbocycles. The first kappa shape index (κ1) is 17.2. The molecule has 3 rings (SSSR count). The number of benzene rings is 3. The molecule has 0 aliphatic rings. The van der Waals surface area contributed by atoms with Gasteiger partial charge in [-0.15, -0.1) is 0 Å². The normalized spacial score (nSPS) is 11.2. The minimum Gasteiger partial charge on any atom is -0.321 e. The third kappa shape index (κ3) is 4.46. The van der Waals surface area contributed by atoms with Crippen LogP contribution in [0.4, 0.5) is 5.69 Å². The van der Waals surface area contributed by atoms with E-state index in [4.69, 9.17) is 0 Å². The average Bonchev–Trinajstić information content (AvgIpc) is 2.63. The Morgan fingerprint density at radius 2 is 1.52 bits per heavy atom. The molecule has 25 heavy (non-hydrogen) atoms. The van der Waals surface area contributed by atoms with Crippen LogP contribution in [-0.4, -0.2) is 5.91 Å². The maximum absolute atomic E-state index is 13.0. The maximum Gasteiger partial charge on any atom is 0.256 e. The van der Waals surface area contributed by atoms with Crippen LogP contribution in [-0.2, 0) is 4.79 Å².